The van der Waals surface area contributed by atoms with E-state index in [0.717, 1.165) is 57.9 Å². The van der Waals surface area contributed by atoms with Gasteiger partial charge in [-0.05, 0) is 90.5 Å². The van der Waals surface area contributed by atoms with Crippen LogP contribution in [0.4, 0.5) is 0 Å². The molecule has 1 N–H and O–H groups in total. The quantitative estimate of drug-likeness (QED) is 0.272. The lowest BCUT2D eigenvalue weighted by Crippen LogP contribution is -2.58. The van der Waals surface area contributed by atoms with E-state index in [1.54, 1.807) is 23.8 Å². The minimum atomic E-state index is -0.670. The zero-order valence-corrected chi connectivity index (χ0v) is 28.1. The number of ether oxygens (including phenoxy) is 1. The Balaban J connectivity index is 1.71. The molecule has 244 valence electrons. The van der Waals surface area contributed by atoms with E-state index in [1.165, 1.54) is 6.42 Å². The fraction of sp³-hybridized carbons (Fsp3) is 0.824. The molecule has 9 heteroatoms. The maximum absolute atomic E-state index is 13.9. The number of likely N-dealkylation sites (N-methyl/N-ethyl adjacent to an activating group) is 1. The van der Waals surface area contributed by atoms with Gasteiger partial charge in [0.1, 0.15) is 18.2 Å². The molecule has 1 saturated carbocycles. The highest BCUT2D eigenvalue weighted by atomic mass is 16.5. The van der Waals surface area contributed by atoms with Gasteiger partial charge in [0.2, 0.25) is 17.7 Å². The SMILES string of the molecule is CC(=C[C@H](C(C)C)N(C)C(=O)[C@@H](NC(=O)C1CCCCN1C(C)C)C(C)C)C(=O)N1CCC[C@H]1C(=O)OC1CCCCC1. The summed E-state index contributed by atoms with van der Waals surface area (Å²) in [6.07, 6.45) is 11.2. The van der Waals surface area contributed by atoms with Crippen molar-refractivity contribution in [2.75, 3.05) is 20.1 Å². The number of nitrogens with one attached hydrogen (secondary N) is 1. The third-order valence-electron chi connectivity index (χ3n) is 9.60. The molecule has 3 amide bonds. The molecule has 2 heterocycles. The van der Waals surface area contributed by atoms with Crippen LogP contribution in [0.1, 0.15) is 113 Å². The highest BCUT2D eigenvalue weighted by molar-refractivity contribution is 5.96. The fourth-order valence-corrected chi connectivity index (χ4v) is 6.97. The molecular formula is C34H58N4O5. The van der Waals surface area contributed by atoms with Gasteiger partial charge in [-0.3, -0.25) is 19.3 Å². The number of likely N-dealkylation sites (tertiary alicyclic amines) is 2. The maximum atomic E-state index is 13.9. The van der Waals surface area contributed by atoms with E-state index in [4.69, 9.17) is 4.74 Å². The molecule has 0 bridgehead atoms. The van der Waals surface area contributed by atoms with Gasteiger partial charge in [-0.15, -0.1) is 0 Å². The molecule has 0 radical (unpaired) electrons. The van der Waals surface area contributed by atoms with Crippen LogP contribution in [-0.2, 0) is 23.9 Å². The Morgan fingerprint density at radius 1 is 0.814 bits per heavy atom. The number of esters is 1. The van der Waals surface area contributed by atoms with Crippen molar-refractivity contribution in [3.8, 4) is 0 Å². The average Bonchev–Trinajstić information content (AvgIpc) is 3.47. The summed E-state index contributed by atoms with van der Waals surface area (Å²) in [5.74, 6) is -0.801. The average molecular weight is 603 g/mol. The van der Waals surface area contributed by atoms with Crippen LogP contribution in [0.2, 0.25) is 0 Å². The van der Waals surface area contributed by atoms with Gasteiger partial charge < -0.3 is 19.9 Å². The molecule has 3 fully saturated rings. The van der Waals surface area contributed by atoms with E-state index < -0.39 is 12.1 Å². The second-order valence-corrected chi connectivity index (χ2v) is 14.0. The second-order valence-electron chi connectivity index (χ2n) is 14.0. The van der Waals surface area contributed by atoms with E-state index in [0.29, 0.717) is 18.5 Å². The van der Waals surface area contributed by atoms with Crippen LogP contribution in [0, 0.1) is 11.8 Å². The van der Waals surface area contributed by atoms with Gasteiger partial charge in [0, 0.05) is 25.2 Å². The van der Waals surface area contributed by atoms with Crippen molar-refractivity contribution in [2.24, 2.45) is 11.8 Å². The van der Waals surface area contributed by atoms with Gasteiger partial charge in [0.15, 0.2) is 0 Å². The predicted molar refractivity (Wildman–Crippen MR) is 169 cm³/mol. The Hall–Kier alpha value is -2.42. The third kappa shape index (κ3) is 9.05. The summed E-state index contributed by atoms with van der Waals surface area (Å²) in [4.78, 5) is 59.6. The summed E-state index contributed by atoms with van der Waals surface area (Å²) in [6.45, 7) is 15.3. The van der Waals surface area contributed by atoms with Gasteiger partial charge in [-0.25, -0.2) is 4.79 Å². The van der Waals surface area contributed by atoms with Crippen LogP contribution in [0.5, 0.6) is 0 Å². The van der Waals surface area contributed by atoms with Crippen LogP contribution in [-0.4, -0.2) is 94.8 Å². The molecule has 4 atom stereocenters. The van der Waals surface area contributed by atoms with Crippen molar-refractivity contribution in [1.82, 2.24) is 20.0 Å². The predicted octanol–water partition coefficient (Wildman–Crippen LogP) is 4.69. The van der Waals surface area contributed by atoms with Gasteiger partial charge in [-0.2, -0.15) is 0 Å². The lowest BCUT2D eigenvalue weighted by molar-refractivity contribution is -0.158. The first-order chi connectivity index (χ1) is 20.3. The topological polar surface area (TPSA) is 99.3 Å². The lowest BCUT2D eigenvalue weighted by atomic mass is 9.95. The highest BCUT2D eigenvalue weighted by Gasteiger charge is 2.39. The first kappa shape index (κ1) is 35.1. The highest BCUT2D eigenvalue weighted by Crippen LogP contribution is 2.26. The van der Waals surface area contributed by atoms with Gasteiger partial charge in [0.25, 0.3) is 0 Å². The minimum Gasteiger partial charge on any atom is -0.461 e. The standard InChI is InChI=1S/C34H58N4O5/c1-22(2)29(21-25(7)32(40)38-20-14-18-28(38)34(42)43-26-15-10-9-11-16-26)36(8)33(41)30(23(3)4)35-31(39)27-17-12-13-19-37(27)24(5)6/h21-24,26-30H,9-20H2,1-8H3,(H,35,39)/t27?,28-,29+,30-/m0/s1. The molecule has 2 aliphatic heterocycles. The van der Waals surface area contributed by atoms with Crippen LogP contribution >= 0.6 is 0 Å². The Bertz CT molecular complexity index is 1000. The largest absolute Gasteiger partial charge is 0.461 e. The van der Waals surface area contributed by atoms with E-state index >= 15 is 0 Å². The molecule has 2 saturated heterocycles. The van der Waals surface area contributed by atoms with E-state index in [2.05, 4.69) is 24.1 Å². The van der Waals surface area contributed by atoms with E-state index in [-0.39, 0.29) is 59.8 Å². The van der Waals surface area contributed by atoms with Gasteiger partial charge >= 0.3 is 5.97 Å². The number of carbonyl (C=O) groups is 4. The monoisotopic (exact) mass is 602 g/mol. The molecule has 9 nitrogen and oxygen atoms in total. The molecule has 0 aromatic carbocycles. The number of rotatable bonds is 11. The fourth-order valence-electron chi connectivity index (χ4n) is 6.97. The molecule has 1 aliphatic carbocycles. The van der Waals surface area contributed by atoms with E-state index in [9.17, 15) is 19.2 Å². The zero-order chi connectivity index (χ0) is 31.8. The first-order valence-electron chi connectivity index (χ1n) is 16.9. The summed E-state index contributed by atoms with van der Waals surface area (Å²) in [6, 6.07) is -1.55. The molecule has 0 aromatic heterocycles. The Morgan fingerprint density at radius 3 is 2.05 bits per heavy atom. The number of amides is 3. The summed E-state index contributed by atoms with van der Waals surface area (Å²) in [7, 11) is 1.75. The summed E-state index contributed by atoms with van der Waals surface area (Å²) in [5.41, 5.74) is 0.510. The second kappa shape index (κ2) is 16.1. The number of hydrogen-bond acceptors (Lipinski definition) is 6. The summed E-state index contributed by atoms with van der Waals surface area (Å²) in [5, 5.41) is 3.10. The first-order valence-corrected chi connectivity index (χ1v) is 16.9. The molecule has 0 aromatic rings. The van der Waals surface area contributed by atoms with Crippen molar-refractivity contribution >= 4 is 23.7 Å². The smallest absolute Gasteiger partial charge is 0.329 e. The van der Waals surface area contributed by atoms with Crippen molar-refractivity contribution < 1.29 is 23.9 Å². The Morgan fingerprint density at radius 2 is 1.44 bits per heavy atom. The zero-order valence-electron chi connectivity index (χ0n) is 28.1. The van der Waals surface area contributed by atoms with Gasteiger partial charge in [0.05, 0.1) is 12.1 Å². The number of piperidine rings is 1. The van der Waals surface area contributed by atoms with E-state index in [1.807, 2.05) is 33.8 Å². The Kier molecular flexibility index (Phi) is 13.1. The summed E-state index contributed by atoms with van der Waals surface area (Å²) >= 11 is 0. The van der Waals surface area contributed by atoms with Crippen LogP contribution in [0.25, 0.3) is 0 Å². The number of carbonyl (C=O) groups excluding carboxylic acids is 4. The van der Waals surface area contributed by atoms with Crippen molar-refractivity contribution in [2.45, 2.75) is 149 Å². The number of hydrogen-bond donors (Lipinski definition) is 1. The number of nitrogens with zero attached hydrogens (tertiary/aromatic N) is 3. The van der Waals surface area contributed by atoms with Crippen LogP contribution in [0.15, 0.2) is 11.6 Å². The van der Waals surface area contributed by atoms with Crippen LogP contribution < -0.4 is 5.32 Å². The Labute approximate surface area is 260 Å². The molecule has 1 unspecified atom stereocenters. The maximum Gasteiger partial charge on any atom is 0.329 e. The molecular weight excluding hydrogens is 544 g/mol. The van der Waals surface area contributed by atoms with Crippen molar-refractivity contribution in [3.63, 3.8) is 0 Å². The third-order valence-corrected chi connectivity index (χ3v) is 9.60. The lowest BCUT2D eigenvalue weighted by Gasteiger charge is -2.39. The molecule has 3 rings (SSSR count). The van der Waals surface area contributed by atoms with Crippen LogP contribution in [0.3, 0.4) is 0 Å². The molecule has 43 heavy (non-hydrogen) atoms. The van der Waals surface area contributed by atoms with Crippen molar-refractivity contribution in [1.29, 1.82) is 0 Å². The molecule has 3 aliphatic rings. The normalized spacial score (nSPS) is 23.9. The minimum absolute atomic E-state index is 0.0284. The molecule has 0 spiro atoms. The summed E-state index contributed by atoms with van der Waals surface area (Å²) < 4.78 is 5.83. The van der Waals surface area contributed by atoms with Gasteiger partial charge in [-0.1, -0.05) is 46.6 Å². The van der Waals surface area contributed by atoms with Crippen molar-refractivity contribution in [3.05, 3.63) is 11.6 Å².